The molecule has 0 N–H and O–H groups in total. The van der Waals surface area contributed by atoms with E-state index >= 15 is 0 Å². The molecule has 0 amide bonds. The van der Waals surface area contributed by atoms with Gasteiger partial charge in [0.2, 0.25) is 0 Å². The molecule has 0 saturated carbocycles. The minimum absolute atomic E-state index is 0.349. The van der Waals surface area contributed by atoms with Gasteiger partial charge in [-0.15, -0.1) is 0 Å². The Labute approximate surface area is 108 Å². The molecule has 0 saturated heterocycles. The van der Waals surface area contributed by atoms with Crippen molar-refractivity contribution in [1.82, 2.24) is 0 Å². The zero-order valence-corrected chi connectivity index (χ0v) is 11.4. The molecular weight excluding hydrogens is 228 g/mol. The van der Waals surface area contributed by atoms with Gasteiger partial charge in [-0.05, 0) is 38.5 Å². The van der Waals surface area contributed by atoms with Crippen molar-refractivity contribution in [3.8, 4) is 5.75 Å². The van der Waals surface area contributed by atoms with Crippen LogP contribution in [0.2, 0.25) is 0 Å². The Kier molecular flexibility index (Phi) is 4.54. The summed E-state index contributed by atoms with van der Waals surface area (Å²) >= 11 is 0. The lowest BCUT2D eigenvalue weighted by Crippen LogP contribution is -2.25. The van der Waals surface area contributed by atoms with Crippen LogP contribution >= 0.6 is 0 Å². The predicted octanol–water partition coefficient (Wildman–Crippen LogP) is 3.14. The molecule has 0 aliphatic heterocycles. The molecule has 1 aromatic rings. The van der Waals surface area contributed by atoms with Gasteiger partial charge in [-0.25, -0.2) is 4.79 Å². The monoisotopic (exact) mass is 248 g/mol. The van der Waals surface area contributed by atoms with E-state index in [4.69, 9.17) is 9.47 Å². The molecule has 98 valence electrons. The molecule has 0 bridgehead atoms. The third-order valence-electron chi connectivity index (χ3n) is 2.26. The molecule has 0 heterocycles. The number of methoxy groups -OCH3 is 1. The Morgan fingerprint density at radius 2 is 1.78 bits per heavy atom. The van der Waals surface area contributed by atoms with Gasteiger partial charge in [-0.3, -0.25) is 0 Å². The molecule has 1 rings (SSSR count). The van der Waals surface area contributed by atoms with Gasteiger partial charge >= 0.3 is 5.97 Å². The Bertz CT molecular complexity index is 424. The topological polar surface area (TPSA) is 35.5 Å². The van der Waals surface area contributed by atoms with Crippen LogP contribution in [-0.2, 0) is 16.0 Å². The Hall–Kier alpha value is -1.77. The second-order valence-electron chi connectivity index (χ2n) is 5.13. The van der Waals surface area contributed by atoms with Gasteiger partial charge in [-0.2, -0.15) is 0 Å². The minimum Gasteiger partial charge on any atom is -0.497 e. The zero-order chi connectivity index (χ0) is 13.8. The average molecular weight is 248 g/mol. The van der Waals surface area contributed by atoms with Gasteiger partial charge in [0.25, 0.3) is 0 Å². The van der Waals surface area contributed by atoms with Crippen molar-refractivity contribution >= 4 is 5.97 Å². The lowest BCUT2D eigenvalue weighted by molar-refractivity contribution is -0.149. The minimum atomic E-state index is -0.486. The van der Waals surface area contributed by atoms with E-state index in [2.05, 4.69) is 6.58 Å². The van der Waals surface area contributed by atoms with Gasteiger partial charge in [0.05, 0.1) is 7.11 Å². The highest BCUT2D eigenvalue weighted by molar-refractivity contribution is 5.88. The van der Waals surface area contributed by atoms with Crippen LogP contribution < -0.4 is 4.74 Å². The molecule has 0 fully saturated rings. The van der Waals surface area contributed by atoms with Crippen LogP contribution in [0.15, 0.2) is 36.4 Å². The fraction of sp³-hybridized carbons (Fsp3) is 0.400. The summed E-state index contributed by atoms with van der Waals surface area (Å²) in [4.78, 5) is 11.7. The van der Waals surface area contributed by atoms with Crippen LogP contribution in [0.4, 0.5) is 0 Å². The van der Waals surface area contributed by atoms with Gasteiger partial charge < -0.3 is 9.47 Å². The number of carbonyl (C=O) groups is 1. The van der Waals surface area contributed by atoms with Crippen molar-refractivity contribution in [2.45, 2.75) is 32.8 Å². The summed E-state index contributed by atoms with van der Waals surface area (Å²) < 4.78 is 10.3. The number of hydrogen-bond acceptors (Lipinski definition) is 3. The standard InChI is InChI=1S/C15H20O3/c1-11(14(16)18-15(2,3)4)10-12-6-8-13(17-5)9-7-12/h6-9H,1,10H2,2-5H3. The number of hydrogen-bond donors (Lipinski definition) is 0. The van der Waals surface area contributed by atoms with E-state index < -0.39 is 5.60 Å². The quantitative estimate of drug-likeness (QED) is 0.606. The lowest BCUT2D eigenvalue weighted by atomic mass is 10.1. The fourth-order valence-corrected chi connectivity index (χ4v) is 1.41. The summed E-state index contributed by atoms with van der Waals surface area (Å²) in [6.45, 7) is 9.29. The van der Waals surface area contributed by atoms with E-state index in [1.807, 2.05) is 45.0 Å². The molecule has 3 nitrogen and oxygen atoms in total. The molecule has 3 heteroatoms. The van der Waals surface area contributed by atoms with Crippen molar-refractivity contribution in [3.05, 3.63) is 42.0 Å². The van der Waals surface area contributed by atoms with Crippen LogP contribution in [0.5, 0.6) is 5.75 Å². The van der Waals surface area contributed by atoms with E-state index in [1.165, 1.54) is 0 Å². The summed E-state index contributed by atoms with van der Waals surface area (Å²) in [5.74, 6) is 0.444. The summed E-state index contributed by atoms with van der Waals surface area (Å²) in [5.41, 5.74) is 0.974. The Balaban J connectivity index is 2.61. The molecular formula is C15H20O3. The summed E-state index contributed by atoms with van der Waals surface area (Å²) in [6.07, 6.45) is 0.485. The molecule has 1 aromatic carbocycles. The van der Waals surface area contributed by atoms with Crippen LogP contribution in [0.1, 0.15) is 26.3 Å². The van der Waals surface area contributed by atoms with E-state index in [1.54, 1.807) is 7.11 Å². The number of carbonyl (C=O) groups excluding carboxylic acids is 1. The molecule has 0 unspecified atom stereocenters. The summed E-state index contributed by atoms with van der Waals surface area (Å²) in [7, 11) is 1.62. The van der Waals surface area contributed by atoms with Crippen molar-refractivity contribution in [2.24, 2.45) is 0 Å². The number of benzene rings is 1. The largest absolute Gasteiger partial charge is 0.497 e. The second kappa shape index (κ2) is 5.71. The van der Waals surface area contributed by atoms with E-state index in [-0.39, 0.29) is 5.97 Å². The van der Waals surface area contributed by atoms with Crippen LogP contribution in [0, 0.1) is 0 Å². The Morgan fingerprint density at radius 3 is 2.22 bits per heavy atom. The first-order chi connectivity index (χ1) is 8.31. The van der Waals surface area contributed by atoms with Crippen molar-refractivity contribution in [3.63, 3.8) is 0 Å². The predicted molar refractivity (Wildman–Crippen MR) is 71.7 cm³/mol. The first-order valence-corrected chi connectivity index (χ1v) is 5.86. The number of ether oxygens (including phenoxy) is 2. The van der Waals surface area contributed by atoms with Crippen LogP contribution in [-0.4, -0.2) is 18.7 Å². The van der Waals surface area contributed by atoms with Crippen LogP contribution in [0.3, 0.4) is 0 Å². The highest BCUT2D eigenvalue weighted by Gasteiger charge is 2.18. The van der Waals surface area contributed by atoms with Gasteiger partial charge in [0, 0.05) is 12.0 Å². The van der Waals surface area contributed by atoms with E-state index in [0.29, 0.717) is 12.0 Å². The molecule has 18 heavy (non-hydrogen) atoms. The highest BCUT2D eigenvalue weighted by atomic mass is 16.6. The third kappa shape index (κ3) is 4.62. The summed E-state index contributed by atoms with van der Waals surface area (Å²) in [6, 6.07) is 7.54. The summed E-state index contributed by atoms with van der Waals surface area (Å²) in [5, 5.41) is 0. The van der Waals surface area contributed by atoms with Crippen molar-refractivity contribution in [2.75, 3.05) is 7.11 Å². The third-order valence-corrected chi connectivity index (χ3v) is 2.26. The van der Waals surface area contributed by atoms with E-state index in [9.17, 15) is 4.79 Å². The molecule has 0 radical (unpaired) electrons. The maximum Gasteiger partial charge on any atom is 0.334 e. The normalized spacial score (nSPS) is 10.9. The lowest BCUT2D eigenvalue weighted by Gasteiger charge is -2.20. The highest BCUT2D eigenvalue weighted by Crippen LogP contribution is 2.16. The molecule has 0 aliphatic rings. The van der Waals surface area contributed by atoms with Crippen molar-refractivity contribution in [1.29, 1.82) is 0 Å². The van der Waals surface area contributed by atoms with E-state index in [0.717, 1.165) is 11.3 Å². The Morgan fingerprint density at radius 1 is 1.22 bits per heavy atom. The smallest absolute Gasteiger partial charge is 0.334 e. The zero-order valence-electron chi connectivity index (χ0n) is 11.4. The number of rotatable bonds is 4. The SMILES string of the molecule is C=C(Cc1ccc(OC)cc1)C(=O)OC(C)(C)C. The van der Waals surface area contributed by atoms with Gasteiger partial charge in [0.15, 0.2) is 0 Å². The maximum atomic E-state index is 11.7. The van der Waals surface area contributed by atoms with Crippen LogP contribution in [0.25, 0.3) is 0 Å². The molecule has 0 aromatic heterocycles. The van der Waals surface area contributed by atoms with Crippen molar-refractivity contribution < 1.29 is 14.3 Å². The fourth-order valence-electron chi connectivity index (χ4n) is 1.41. The van der Waals surface area contributed by atoms with Gasteiger partial charge in [0.1, 0.15) is 11.4 Å². The van der Waals surface area contributed by atoms with Gasteiger partial charge in [-0.1, -0.05) is 18.7 Å². The second-order valence-corrected chi connectivity index (χ2v) is 5.13. The number of esters is 1. The molecule has 0 spiro atoms. The maximum absolute atomic E-state index is 11.7. The average Bonchev–Trinajstić information content (AvgIpc) is 2.27. The molecule has 0 aliphatic carbocycles. The first kappa shape index (κ1) is 14.3. The molecule has 0 atom stereocenters. The first-order valence-electron chi connectivity index (χ1n) is 5.86.